The van der Waals surface area contributed by atoms with E-state index in [-0.39, 0.29) is 5.92 Å². The number of anilines is 1. The summed E-state index contributed by atoms with van der Waals surface area (Å²) in [5.41, 5.74) is 2.21. The summed E-state index contributed by atoms with van der Waals surface area (Å²) in [5, 5.41) is 10.5. The molecule has 138 valence electrons. The summed E-state index contributed by atoms with van der Waals surface area (Å²) < 4.78 is 10.6. The number of para-hydroxylation sites is 1. The summed E-state index contributed by atoms with van der Waals surface area (Å²) in [6.45, 7) is 4.38. The van der Waals surface area contributed by atoms with Crippen molar-refractivity contribution in [3.8, 4) is 11.8 Å². The molecule has 0 bridgehead atoms. The SMILES string of the molecule is CCOc1cccc2c(N3CCC(COP(O)O)CC3)c(C#N)cnc12. The summed E-state index contributed by atoms with van der Waals surface area (Å²) in [5.74, 6) is 1.01. The van der Waals surface area contributed by atoms with Gasteiger partial charge in [-0.3, -0.25) is 4.98 Å². The highest BCUT2D eigenvalue weighted by molar-refractivity contribution is 7.39. The Morgan fingerprint density at radius 2 is 2.12 bits per heavy atom. The van der Waals surface area contributed by atoms with Gasteiger partial charge < -0.3 is 23.9 Å². The van der Waals surface area contributed by atoms with E-state index in [0.717, 1.165) is 48.3 Å². The number of aromatic nitrogens is 1. The van der Waals surface area contributed by atoms with Crippen LogP contribution in [-0.4, -0.2) is 41.1 Å². The smallest absolute Gasteiger partial charge is 0.327 e. The number of fused-ring (bicyclic) bond motifs is 1. The van der Waals surface area contributed by atoms with Gasteiger partial charge in [-0.2, -0.15) is 5.26 Å². The molecular formula is C18H22N3O4P. The summed E-state index contributed by atoms with van der Waals surface area (Å²) in [7, 11) is -2.30. The van der Waals surface area contributed by atoms with E-state index in [0.29, 0.717) is 18.8 Å². The van der Waals surface area contributed by atoms with Gasteiger partial charge >= 0.3 is 8.60 Å². The van der Waals surface area contributed by atoms with Gasteiger partial charge in [-0.15, -0.1) is 0 Å². The van der Waals surface area contributed by atoms with Crippen molar-refractivity contribution in [2.24, 2.45) is 5.92 Å². The minimum Gasteiger partial charge on any atom is -0.492 e. The van der Waals surface area contributed by atoms with E-state index < -0.39 is 8.60 Å². The first kappa shape index (κ1) is 18.8. The molecule has 1 fully saturated rings. The molecule has 8 heteroatoms. The Morgan fingerprint density at radius 3 is 2.77 bits per heavy atom. The van der Waals surface area contributed by atoms with Crippen LogP contribution < -0.4 is 9.64 Å². The van der Waals surface area contributed by atoms with Gasteiger partial charge in [0.15, 0.2) is 0 Å². The Bertz CT molecular complexity index is 801. The van der Waals surface area contributed by atoms with Crippen LogP contribution in [0.1, 0.15) is 25.3 Å². The van der Waals surface area contributed by atoms with Crippen LogP contribution in [0.15, 0.2) is 24.4 Å². The molecule has 1 aromatic heterocycles. The van der Waals surface area contributed by atoms with Gasteiger partial charge in [-0.1, -0.05) is 12.1 Å². The number of nitriles is 1. The summed E-state index contributed by atoms with van der Waals surface area (Å²) in [4.78, 5) is 24.5. The van der Waals surface area contributed by atoms with Gasteiger partial charge in [-0.05, 0) is 31.7 Å². The highest BCUT2D eigenvalue weighted by Crippen LogP contribution is 2.36. The number of nitrogens with zero attached hydrogens (tertiary/aromatic N) is 3. The molecule has 0 radical (unpaired) electrons. The first-order chi connectivity index (χ1) is 12.6. The minimum absolute atomic E-state index is 0.285. The molecule has 26 heavy (non-hydrogen) atoms. The maximum atomic E-state index is 9.56. The van der Waals surface area contributed by atoms with Gasteiger partial charge in [0.25, 0.3) is 0 Å². The zero-order valence-corrected chi connectivity index (χ0v) is 15.5. The van der Waals surface area contributed by atoms with E-state index >= 15 is 0 Å². The number of hydrogen-bond acceptors (Lipinski definition) is 7. The lowest BCUT2D eigenvalue weighted by Crippen LogP contribution is -2.35. The van der Waals surface area contributed by atoms with E-state index in [4.69, 9.17) is 19.0 Å². The maximum absolute atomic E-state index is 9.56. The number of pyridine rings is 1. The van der Waals surface area contributed by atoms with Crippen LogP contribution in [0.5, 0.6) is 5.75 Å². The van der Waals surface area contributed by atoms with Crippen LogP contribution >= 0.6 is 8.60 Å². The fourth-order valence-electron chi connectivity index (χ4n) is 3.37. The van der Waals surface area contributed by atoms with Crippen molar-refractivity contribution in [2.45, 2.75) is 19.8 Å². The molecule has 7 nitrogen and oxygen atoms in total. The van der Waals surface area contributed by atoms with Gasteiger partial charge in [0, 0.05) is 24.7 Å². The average molecular weight is 375 g/mol. The second-order valence-corrected chi connectivity index (χ2v) is 6.96. The van der Waals surface area contributed by atoms with Crippen LogP contribution in [0.2, 0.25) is 0 Å². The Balaban J connectivity index is 1.88. The molecule has 1 aliphatic heterocycles. The molecule has 1 aromatic carbocycles. The molecule has 1 saturated heterocycles. The minimum atomic E-state index is -2.30. The molecule has 2 heterocycles. The lowest BCUT2D eigenvalue weighted by Gasteiger charge is -2.34. The molecule has 2 aromatic rings. The number of hydrogen-bond donors (Lipinski definition) is 2. The van der Waals surface area contributed by atoms with Gasteiger partial charge in [0.05, 0.1) is 24.5 Å². The molecule has 0 spiro atoms. The lowest BCUT2D eigenvalue weighted by atomic mass is 9.96. The summed E-state index contributed by atoms with van der Waals surface area (Å²) in [6.07, 6.45) is 3.34. The first-order valence-corrected chi connectivity index (χ1v) is 9.81. The van der Waals surface area contributed by atoms with Crippen molar-refractivity contribution >= 4 is 25.2 Å². The average Bonchev–Trinajstić information content (AvgIpc) is 2.66. The molecule has 0 unspecified atom stereocenters. The third kappa shape index (κ3) is 4.05. The molecule has 0 saturated carbocycles. The molecule has 0 atom stereocenters. The van der Waals surface area contributed by atoms with Gasteiger partial charge in [-0.25, -0.2) is 0 Å². The van der Waals surface area contributed by atoms with Crippen molar-refractivity contribution in [3.63, 3.8) is 0 Å². The van der Waals surface area contributed by atoms with Gasteiger partial charge in [0.1, 0.15) is 17.3 Å². The Kier molecular flexibility index (Phi) is 6.23. The predicted molar refractivity (Wildman–Crippen MR) is 99.9 cm³/mol. The third-order valence-corrected chi connectivity index (χ3v) is 4.99. The predicted octanol–water partition coefficient (Wildman–Crippen LogP) is 2.95. The summed E-state index contributed by atoms with van der Waals surface area (Å²) >= 11 is 0. The van der Waals surface area contributed by atoms with E-state index in [2.05, 4.69) is 16.0 Å². The van der Waals surface area contributed by atoms with Crippen molar-refractivity contribution < 1.29 is 19.0 Å². The largest absolute Gasteiger partial charge is 0.492 e. The van der Waals surface area contributed by atoms with E-state index in [1.165, 1.54) is 0 Å². The topological polar surface area (TPSA) is 98.8 Å². The van der Waals surface area contributed by atoms with Crippen LogP contribution in [0.25, 0.3) is 10.9 Å². The van der Waals surface area contributed by atoms with Crippen LogP contribution in [-0.2, 0) is 4.52 Å². The molecule has 2 N–H and O–H groups in total. The van der Waals surface area contributed by atoms with Crippen molar-refractivity contribution in [1.29, 1.82) is 5.26 Å². The number of piperidine rings is 1. The highest BCUT2D eigenvalue weighted by atomic mass is 31.2. The maximum Gasteiger partial charge on any atom is 0.327 e. The fraction of sp³-hybridized carbons (Fsp3) is 0.444. The highest BCUT2D eigenvalue weighted by Gasteiger charge is 2.24. The zero-order valence-electron chi connectivity index (χ0n) is 14.6. The van der Waals surface area contributed by atoms with Crippen molar-refractivity contribution in [3.05, 3.63) is 30.0 Å². The van der Waals surface area contributed by atoms with Crippen LogP contribution in [0, 0.1) is 17.2 Å². The molecule has 3 rings (SSSR count). The molecule has 1 aliphatic rings. The first-order valence-electron chi connectivity index (χ1n) is 8.64. The van der Waals surface area contributed by atoms with E-state index in [1.807, 2.05) is 25.1 Å². The Hall–Kier alpha value is -1.97. The molecule has 0 aliphatic carbocycles. The van der Waals surface area contributed by atoms with Crippen molar-refractivity contribution in [1.82, 2.24) is 4.98 Å². The van der Waals surface area contributed by atoms with Crippen LogP contribution in [0.4, 0.5) is 5.69 Å². The zero-order chi connectivity index (χ0) is 18.5. The molecular weight excluding hydrogens is 353 g/mol. The number of rotatable bonds is 6. The van der Waals surface area contributed by atoms with E-state index in [1.54, 1.807) is 6.20 Å². The second kappa shape index (κ2) is 8.61. The second-order valence-electron chi connectivity index (χ2n) is 6.20. The van der Waals surface area contributed by atoms with Crippen molar-refractivity contribution in [2.75, 3.05) is 31.2 Å². The third-order valence-electron chi connectivity index (χ3n) is 4.61. The number of benzene rings is 1. The fourth-order valence-corrected chi connectivity index (χ4v) is 3.72. The lowest BCUT2D eigenvalue weighted by molar-refractivity contribution is 0.194. The van der Waals surface area contributed by atoms with Crippen LogP contribution in [0.3, 0.4) is 0 Å². The standard InChI is InChI=1S/C18H22N3O4P/c1-2-24-16-5-3-4-15-17(16)20-11-14(10-19)18(15)21-8-6-13(7-9-21)12-25-26(22)23/h3-5,11,13,22-23H,2,6-9,12H2,1H3. The quantitative estimate of drug-likeness (QED) is 0.749. The number of ether oxygens (including phenoxy) is 1. The van der Waals surface area contributed by atoms with E-state index in [9.17, 15) is 5.26 Å². The normalized spacial score (nSPS) is 15.4. The monoisotopic (exact) mass is 375 g/mol. The molecule has 0 amide bonds. The Labute approximate surface area is 153 Å². The van der Waals surface area contributed by atoms with Gasteiger partial charge in [0.2, 0.25) is 0 Å². The summed E-state index contributed by atoms with van der Waals surface area (Å²) in [6, 6.07) is 8.04. The Morgan fingerprint density at radius 1 is 1.35 bits per heavy atom.